The van der Waals surface area contributed by atoms with Crippen LogP contribution in [0.1, 0.15) is 25.5 Å². The van der Waals surface area contributed by atoms with Crippen molar-refractivity contribution in [1.29, 1.82) is 0 Å². The Labute approximate surface area is 96.0 Å². The van der Waals surface area contributed by atoms with E-state index in [1.165, 1.54) is 0 Å². The molecule has 0 bridgehead atoms. The Balaban J connectivity index is 3.14. The van der Waals surface area contributed by atoms with Gasteiger partial charge in [0, 0.05) is 6.54 Å². The fourth-order valence-electron chi connectivity index (χ4n) is 1.50. The van der Waals surface area contributed by atoms with E-state index in [9.17, 15) is 5.11 Å². The number of rotatable bonds is 5. The molecule has 0 aliphatic heterocycles. The second kappa shape index (κ2) is 5.72. The third-order valence-electron chi connectivity index (χ3n) is 2.17. The molecule has 0 aliphatic carbocycles. The third kappa shape index (κ3) is 2.87. The fourth-order valence-corrected chi connectivity index (χ4v) is 1.50. The van der Waals surface area contributed by atoms with Gasteiger partial charge in [-0.2, -0.15) is 0 Å². The summed E-state index contributed by atoms with van der Waals surface area (Å²) in [6, 6.07) is 5.40. The van der Waals surface area contributed by atoms with E-state index in [1.807, 2.05) is 19.9 Å². The standard InChI is InChI=1S/C12H19NO3/c1-8(2)16-11-6-4-5-10(15-3)12(11)9(14)7-13/h4-6,8-9,14H,7,13H2,1-3H3. The molecule has 90 valence electrons. The molecule has 1 unspecified atom stereocenters. The largest absolute Gasteiger partial charge is 0.496 e. The van der Waals surface area contributed by atoms with Crippen LogP contribution in [0, 0.1) is 0 Å². The summed E-state index contributed by atoms with van der Waals surface area (Å²) in [6.07, 6.45) is -0.735. The van der Waals surface area contributed by atoms with Crippen LogP contribution in [-0.4, -0.2) is 24.9 Å². The van der Waals surface area contributed by atoms with Gasteiger partial charge in [0.05, 0.1) is 24.9 Å². The molecule has 0 saturated carbocycles. The first-order valence-electron chi connectivity index (χ1n) is 5.31. The van der Waals surface area contributed by atoms with Gasteiger partial charge < -0.3 is 20.3 Å². The van der Waals surface area contributed by atoms with E-state index in [0.29, 0.717) is 17.1 Å². The molecule has 1 aromatic rings. The lowest BCUT2D eigenvalue weighted by Crippen LogP contribution is -2.16. The van der Waals surface area contributed by atoms with Gasteiger partial charge in [0.1, 0.15) is 11.5 Å². The van der Waals surface area contributed by atoms with Crippen LogP contribution < -0.4 is 15.2 Å². The smallest absolute Gasteiger partial charge is 0.129 e. The summed E-state index contributed by atoms with van der Waals surface area (Å²) in [7, 11) is 1.56. The Kier molecular flexibility index (Phi) is 4.58. The molecule has 0 aliphatic rings. The molecule has 4 heteroatoms. The third-order valence-corrected chi connectivity index (χ3v) is 2.17. The monoisotopic (exact) mass is 225 g/mol. The molecule has 0 aromatic heterocycles. The molecule has 3 N–H and O–H groups in total. The number of aliphatic hydroxyl groups is 1. The Morgan fingerprint density at radius 3 is 2.44 bits per heavy atom. The minimum Gasteiger partial charge on any atom is -0.496 e. The number of nitrogens with two attached hydrogens (primary N) is 1. The van der Waals surface area contributed by atoms with Crippen molar-refractivity contribution in [3.63, 3.8) is 0 Å². The van der Waals surface area contributed by atoms with Crippen LogP contribution in [-0.2, 0) is 0 Å². The van der Waals surface area contributed by atoms with Crippen molar-refractivity contribution in [3.8, 4) is 11.5 Å². The number of hydrogen-bond donors (Lipinski definition) is 2. The van der Waals surface area contributed by atoms with Crippen molar-refractivity contribution in [1.82, 2.24) is 0 Å². The van der Waals surface area contributed by atoms with E-state index in [0.717, 1.165) is 0 Å². The minimum absolute atomic E-state index is 0.0378. The molecule has 1 aromatic carbocycles. The molecule has 1 atom stereocenters. The number of methoxy groups -OCH3 is 1. The van der Waals surface area contributed by atoms with Crippen LogP contribution in [0.2, 0.25) is 0 Å². The Bertz CT molecular complexity index is 339. The van der Waals surface area contributed by atoms with E-state index >= 15 is 0 Å². The molecule has 1 rings (SSSR count). The van der Waals surface area contributed by atoms with Crippen LogP contribution in [0.25, 0.3) is 0 Å². The number of benzene rings is 1. The molecular formula is C12H19NO3. The lowest BCUT2D eigenvalue weighted by atomic mass is 10.1. The predicted octanol–water partition coefficient (Wildman–Crippen LogP) is 1.47. The van der Waals surface area contributed by atoms with E-state index in [2.05, 4.69) is 0 Å². The van der Waals surface area contributed by atoms with Crippen LogP contribution in [0.3, 0.4) is 0 Å². The van der Waals surface area contributed by atoms with Crippen molar-refractivity contribution < 1.29 is 14.6 Å². The van der Waals surface area contributed by atoms with Gasteiger partial charge in [0.2, 0.25) is 0 Å². The summed E-state index contributed by atoms with van der Waals surface area (Å²) in [6.45, 7) is 3.99. The molecule has 0 saturated heterocycles. The molecule has 0 radical (unpaired) electrons. The normalized spacial score (nSPS) is 12.6. The molecule has 0 fully saturated rings. The van der Waals surface area contributed by atoms with Crippen molar-refractivity contribution in [3.05, 3.63) is 23.8 Å². The summed E-state index contributed by atoms with van der Waals surface area (Å²) in [5, 5.41) is 9.85. The maximum Gasteiger partial charge on any atom is 0.129 e. The highest BCUT2D eigenvalue weighted by Crippen LogP contribution is 2.34. The van der Waals surface area contributed by atoms with Gasteiger partial charge in [0.15, 0.2) is 0 Å². The topological polar surface area (TPSA) is 64.7 Å². The van der Waals surface area contributed by atoms with Crippen LogP contribution in [0.5, 0.6) is 11.5 Å². The number of hydrogen-bond acceptors (Lipinski definition) is 4. The zero-order valence-corrected chi connectivity index (χ0v) is 9.93. The van der Waals surface area contributed by atoms with E-state index < -0.39 is 6.10 Å². The zero-order valence-electron chi connectivity index (χ0n) is 9.93. The predicted molar refractivity (Wildman–Crippen MR) is 62.8 cm³/mol. The molecule has 4 nitrogen and oxygen atoms in total. The van der Waals surface area contributed by atoms with Gasteiger partial charge in [-0.05, 0) is 26.0 Å². The van der Waals surface area contributed by atoms with Crippen molar-refractivity contribution in [2.45, 2.75) is 26.1 Å². The van der Waals surface area contributed by atoms with Gasteiger partial charge in [-0.1, -0.05) is 6.07 Å². The van der Waals surface area contributed by atoms with Crippen LogP contribution in [0.4, 0.5) is 0 Å². The average Bonchev–Trinajstić information content (AvgIpc) is 2.27. The second-order valence-electron chi connectivity index (χ2n) is 3.79. The lowest BCUT2D eigenvalue weighted by molar-refractivity contribution is 0.168. The highest BCUT2D eigenvalue weighted by molar-refractivity contribution is 5.46. The lowest BCUT2D eigenvalue weighted by Gasteiger charge is -2.19. The van der Waals surface area contributed by atoms with Gasteiger partial charge >= 0.3 is 0 Å². The Hall–Kier alpha value is -1.26. The fraction of sp³-hybridized carbons (Fsp3) is 0.500. The molecule has 0 amide bonds. The number of ether oxygens (including phenoxy) is 2. The van der Waals surface area contributed by atoms with Gasteiger partial charge in [-0.15, -0.1) is 0 Å². The molecular weight excluding hydrogens is 206 g/mol. The summed E-state index contributed by atoms with van der Waals surface area (Å²) < 4.78 is 10.8. The van der Waals surface area contributed by atoms with Crippen LogP contribution in [0.15, 0.2) is 18.2 Å². The summed E-state index contributed by atoms with van der Waals surface area (Å²) in [5.41, 5.74) is 6.08. The SMILES string of the molecule is COc1cccc(OC(C)C)c1C(O)CN. The second-order valence-corrected chi connectivity index (χ2v) is 3.79. The van der Waals surface area contributed by atoms with E-state index in [-0.39, 0.29) is 12.6 Å². The first-order valence-corrected chi connectivity index (χ1v) is 5.31. The van der Waals surface area contributed by atoms with Gasteiger partial charge in [-0.3, -0.25) is 0 Å². The zero-order chi connectivity index (χ0) is 12.1. The van der Waals surface area contributed by atoms with Crippen molar-refractivity contribution in [2.75, 3.05) is 13.7 Å². The summed E-state index contributed by atoms with van der Waals surface area (Å²) in [5.74, 6) is 1.21. The summed E-state index contributed by atoms with van der Waals surface area (Å²) in [4.78, 5) is 0. The van der Waals surface area contributed by atoms with E-state index in [4.69, 9.17) is 15.2 Å². The summed E-state index contributed by atoms with van der Waals surface area (Å²) >= 11 is 0. The highest BCUT2D eigenvalue weighted by Gasteiger charge is 2.18. The first-order chi connectivity index (χ1) is 7.60. The van der Waals surface area contributed by atoms with Crippen LogP contribution >= 0.6 is 0 Å². The van der Waals surface area contributed by atoms with Crippen molar-refractivity contribution in [2.24, 2.45) is 5.73 Å². The quantitative estimate of drug-likeness (QED) is 0.796. The first kappa shape index (κ1) is 12.8. The maximum absolute atomic E-state index is 9.85. The minimum atomic E-state index is -0.773. The van der Waals surface area contributed by atoms with Gasteiger partial charge in [0.25, 0.3) is 0 Å². The Morgan fingerprint density at radius 2 is 1.94 bits per heavy atom. The number of aliphatic hydroxyl groups excluding tert-OH is 1. The highest BCUT2D eigenvalue weighted by atomic mass is 16.5. The molecule has 0 heterocycles. The maximum atomic E-state index is 9.85. The molecule has 16 heavy (non-hydrogen) atoms. The Morgan fingerprint density at radius 1 is 1.31 bits per heavy atom. The van der Waals surface area contributed by atoms with Crippen molar-refractivity contribution >= 4 is 0 Å². The van der Waals surface area contributed by atoms with E-state index in [1.54, 1.807) is 19.2 Å². The van der Waals surface area contributed by atoms with Gasteiger partial charge in [-0.25, -0.2) is 0 Å². The average molecular weight is 225 g/mol. The molecule has 0 spiro atoms.